The molecule has 1 N–H and O–H groups in total. The maximum absolute atomic E-state index is 13.9. The number of nitrogens with zero attached hydrogens (tertiary/aromatic N) is 2. The van der Waals surface area contributed by atoms with Crippen molar-refractivity contribution in [3.05, 3.63) is 34.8 Å². The molecule has 0 spiro atoms. The Kier molecular flexibility index (Phi) is 3.80. The van der Waals surface area contributed by atoms with Gasteiger partial charge >= 0.3 is 0 Å². The molecule has 112 valence electrons. The first-order valence-corrected chi connectivity index (χ1v) is 8.10. The van der Waals surface area contributed by atoms with Gasteiger partial charge in [-0.15, -0.1) is 11.3 Å². The van der Waals surface area contributed by atoms with Crippen LogP contribution in [0.5, 0.6) is 0 Å². The average Bonchev–Trinajstić information content (AvgIpc) is 3.17. The SMILES string of the molecule is CC(C)(C)NCc1sc(-c2ccncc2F)nc1C1CC1. The van der Waals surface area contributed by atoms with Crippen molar-refractivity contribution < 1.29 is 4.39 Å². The highest BCUT2D eigenvalue weighted by Gasteiger charge is 2.30. The van der Waals surface area contributed by atoms with Crippen LogP contribution in [0.1, 0.15) is 50.1 Å². The van der Waals surface area contributed by atoms with Gasteiger partial charge in [0.1, 0.15) is 5.01 Å². The number of nitrogens with one attached hydrogen (secondary N) is 1. The average molecular weight is 305 g/mol. The summed E-state index contributed by atoms with van der Waals surface area (Å²) in [7, 11) is 0. The second-order valence-corrected chi connectivity index (χ2v) is 7.64. The Bertz CT molecular complexity index is 641. The number of aromatic nitrogens is 2. The van der Waals surface area contributed by atoms with E-state index in [1.54, 1.807) is 23.6 Å². The van der Waals surface area contributed by atoms with Crippen molar-refractivity contribution in [1.29, 1.82) is 0 Å². The first-order valence-electron chi connectivity index (χ1n) is 7.28. The van der Waals surface area contributed by atoms with Crippen molar-refractivity contribution in [3.63, 3.8) is 0 Å². The van der Waals surface area contributed by atoms with E-state index in [9.17, 15) is 4.39 Å². The summed E-state index contributed by atoms with van der Waals surface area (Å²) in [6, 6.07) is 1.70. The Morgan fingerprint density at radius 2 is 2.14 bits per heavy atom. The van der Waals surface area contributed by atoms with Crippen LogP contribution in [0.25, 0.3) is 10.6 Å². The van der Waals surface area contributed by atoms with E-state index in [4.69, 9.17) is 4.98 Å². The summed E-state index contributed by atoms with van der Waals surface area (Å²) in [4.78, 5) is 9.75. The molecule has 0 bridgehead atoms. The molecule has 0 aromatic carbocycles. The maximum Gasteiger partial charge on any atom is 0.151 e. The van der Waals surface area contributed by atoms with Crippen molar-refractivity contribution in [2.45, 2.75) is 51.6 Å². The van der Waals surface area contributed by atoms with Crippen LogP contribution in [-0.4, -0.2) is 15.5 Å². The quantitative estimate of drug-likeness (QED) is 0.923. The van der Waals surface area contributed by atoms with Gasteiger partial charge in [0.2, 0.25) is 0 Å². The van der Waals surface area contributed by atoms with E-state index in [0.717, 1.165) is 17.2 Å². The Morgan fingerprint density at radius 1 is 1.38 bits per heavy atom. The van der Waals surface area contributed by atoms with Gasteiger partial charge in [-0.05, 0) is 39.7 Å². The molecule has 0 unspecified atom stereocenters. The minimum atomic E-state index is -0.302. The molecule has 2 aromatic rings. The topological polar surface area (TPSA) is 37.8 Å². The molecule has 0 radical (unpaired) electrons. The van der Waals surface area contributed by atoms with Gasteiger partial charge in [-0.2, -0.15) is 0 Å². The molecule has 0 amide bonds. The third kappa shape index (κ3) is 3.47. The van der Waals surface area contributed by atoms with E-state index in [0.29, 0.717) is 11.5 Å². The smallest absolute Gasteiger partial charge is 0.151 e. The molecular weight excluding hydrogens is 285 g/mol. The highest BCUT2D eigenvalue weighted by molar-refractivity contribution is 7.15. The molecule has 5 heteroatoms. The van der Waals surface area contributed by atoms with Gasteiger partial charge in [-0.25, -0.2) is 9.37 Å². The monoisotopic (exact) mass is 305 g/mol. The van der Waals surface area contributed by atoms with E-state index in [1.807, 2.05) is 0 Å². The number of thiazole rings is 1. The Hall–Kier alpha value is -1.33. The molecular formula is C16H20FN3S. The second-order valence-electron chi connectivity index (χ2n) is 6.56. The van der Waals surface area contributed by atoms with Gasteiger partial charge in [-0.3, -0.25) is 4.98 Å². The first-order chi connectivity index (χ1) is 9.94. The molecule has 0 saturated heterocycles. The molecule has 3 rings (SSSR count). The van der Waals surface area contributed by atoms with Crippen LogP contribution in [0.4, 0.5) is 4.39 Å². The fourth-order valence-corrected chi connectivity index (χ4v) is 3.29. The summed E-state index contributed by atoms with van der Waals surface area (Å²) in [6.07, 6.45) is 5.26. The predicted molar refractivity (Wildman–Crippen MR) is 83.9 cm³/mol. The number of hydrogen-bond donors (Lipinski definition) is 1. The third-order valence-electron chi connectivity index (χ3n) is 3.47. The van der Waals surface area contributed by atoms with Crippen molar-refractivity contribution in [2.24, 2.45) is 0 Å². The van der Waals surface area contributed by atoms with Crippen molar-refractivity contribution in [3.8, 4) is 10.6 Å². The lowest BCUT2D eigenvalue weighted by Crippen LogP contribution is -2.35. The van der Waals surface area contributed by atoms with Crippen LogP contribution in [-0.2, 0) is 6.54 Å². The zero-order valence-electron chi connectivity index (χ0n) is 12.6. The van der Waals surface area contributed by atoms with Gasteiger partial charge < -0.3 is 5.32 Å². The van der Waals surface area contributed by atoms with Gasteiger partial charge in [0.05, 0.1) is 11.9 Å². The van der Waals surface area contributed by atoms with Gasteiger partial charge in [0.25, 0.3) is 0 Å². The molecule has 0 aliphatic heterocycles. The van der Waals surface area contributed by atoms with E-state index in [-0.39, 0.29) is 11.4 Å². The standard InChI is InChI=1S/C16H20FN3S/c1-16(2,3)19-9-13-14(10-4-5-10)20-15(21-13)11-6-7-18-8-12(11)17/h6-8,10,19H,4-5,9H2,1-3H3. The summed E-state index contributed by atoms with van der Waals surface area (Å²) in [5.41, 5.74) is 1.77. The Labute approximate surface area is 128 Å². The Balaban J connectivity index is 1.91. The Morgan fingerprint density at radius 3 is 2.76 bits per heavy atom. The third-order valence-corrected chi connectivity index (χ3v) is 4.58. The zero-order valence-corrected chi connectivity index (χ0v) is 13.4. The molecule has 3 nitrogen and oxygen atoms in total. The van der Waals surface area contributed by atoms with Crippen molar-refractivity contribution >= 4 is 11.3 Å². The molecule has 1 saturated carbocycles. The summed E-state index contributed by atoms with van der Waals surface area (Å²) < 4.78 is 13.9. The molecule has 2 heterocycles. The first kappa shape index (κ1) is 14.6. The maximum atomic E-state index is 13.9. The second kappa shape index (κ2) is 5.46. The summed E-state index contributed by atoms with van der Waals surface area (Å²) >= 11 is 1.59. The van der Waals surface area contributed by atoms with Crippen LogP contribution in [0.2, 0.25) is 0 Å². The minimum absolute atomic E-state index is 0.0624. The predicted octanol–water partition coefficient (Wildman–Crippen LogP) is 4.11. The van der Waals surface area contributed by atoms with Crippen molar-refractivity contribution in [2.75, 3.05) is 0 Å². The fraction of sp³-hybridized carbons (Fsp3) is 0.500. The molecule has 1 fully saturated rings. The summed E-state index contributed by atoms with van der Waals surface area (Å²) in [5, 5.41) is 4.27. The van der Waals surface area contributed by atoms with Crippen LogP contribution >= 0.6 is 11.3 Å². The highest BCUT2D eigenvalue weighted by Crippen LogP contribution is 2.44. The largest absolute Gasteiger partial charge is 0.307 e. The van der Waals surface area contributed by atoms with Crippen LogP contribution in [0, 0.1) is 5.82 Å². The normalized spacial score (nSPS) is 15.4. The molecule has 1 aliphatic carbocycles. The highest BCUT2D eigenvalue weighted by atomic mass is 32.1. The molecule has 0 atom stereocenters. The lowest BCUT2D eigenvalue weighted by atomic mass is 10.1. The van der Waals surface area contributed by atoms with Crippen LogP contribution < -0.4 is 5.32 Å². The lowest BCUT2D eigenvalue weighted by molar-refractivity contribution is 0.425. The molecule has 2 aromatic heterocycles. The van der Waals surface area contributed by atoms with Crippen molar-refractivity contribution in [1.82, 2.24) is 15.3 Å². The van der Waals surface area contributed by atoms with E-state index in [2.05, 4.69) is 31.1 Å². The fourth-order valence-electron chi connectivity index (χ4n) is 2.18. The van der Waals surface area contributed by atoms with Crippen LogP contribution in [0.3, 0.4) is 0 Å². The van der Waals surface area contributed by atoms with Gasteiger partial charge in [0, 0.05) is 34.6 Å². The zero-order chi connectivity index (χ0) is 15.0. The number of halogens is 1. The van der Waals surface area contributed by atoms with E-state index < -0.39 is 0 Å². The van der Waals surface area contributed by atoms with E-state index >= 15 is 0 Å². The lowest BCUT2D eigenvalue weighted by Gasteiger charge is -2.20. The number of rotatable bonds is 4. The number of hydrogen-bond acceptors (Lipinski definition) is 4. The van der Waals surface area contributed by atoms with Crippen LogP contribution in [0.15, 0.2) is 18.5 Å². The number of pyridine rings is 1. The van der Waals surface area contributed by atoms with E-state index in [1.165, 1.54) is 23.9 Å². The van der Waals surface area contributed by atoms with Gasteiger partial charge in [0.15, 0.2) is 5.82 Å². The summed E-state index contributed by atoms with van der Waals surface area (Å²) in [5.74, 6) is 0.264. The molecule has 21 heavy (non-hydrogen) atoms. The summed E-state index contributed by atoms with van der Waals surface area (Å²) in [6.45, 7) is 7.23. The van der Waals surface area contributed by atoms with Gasteiger partial charge in [-0.1, -0.05) is 0 Å². The molecule has 1 aliphatic rings. The minimum Gasteiger partial charge on any atom is -0.307 e.